The van der Waals surface area contributed by atoms with E-state index in [2.05, 4.69) is 10.2 Å². The number of rotatable bonds is 6. The first-order valence-electron chi connectivity index (χ1n) is 8.12. The molecule has 0 aliphatic heterocycles. The smallest absolute Gasteiger partial charge is 0.235 e. The lowest BCUT2D eigenvalue weighted by Gasteiger charge is -2.14. The summed E-state index contributed by atoms with van der Waals surface area (Å²) in [6, 6.07) is 17.6. The van der Waals surface area contributed by atoms with Crippen LogP contribution in [0.4, 0.5) is 0 Å². The van der Waals surface area contributed by atoms with E-state index in [1.54, 1.807) is 0 Å². The van der Waals surface area contributed by atoms with Gasteiger partial charge in [-0.15, -0.1) is 10.2 Å². The fourth-order valence-electron chi connectivity index (χ4n) is 2.71. The molecule has 25 heavy (non-hydrogen) atoms. The van der Waals surface area contributed by atoms with Crippen molar-refractivity contribution in [1.29, 1.82) is 0 Å². The summed E-state index contributed by atoms with van der Waals surface area (Å²) in [5.41, 5.74) is 8.67. The number of primary amides is 1. The first kappa shape index (κ1) is 17.2. The van der Waals surface area contributed by atoms with Gasteiger partial charge in [0.25, 0.3) is 0 Å². The van der Waals surface area contributed by atoms with Crippen molar-refractivity contribution >= 4 is 17.7 Å². The minimum Gasteiger partial charge on any atom is -0.368 e. The molecule has 6 heteroatoms. The first-order valence-corrected chi connectivity index (χ1v) is 9.00. The van der Waals surface area contributed by atoms with E-state index in [-0.39, 0.29) is 5.91 Å². The number of benzene rings is 2. The number of aromatic nitrogens is 3. The Labute approximate surface area is 151 Å². The summed E-state index contributed by atoms with van der Waals surface area (Å²) in [6.45, 7) is 4.79. The molecule has 1 amide bonds. The third-order valence-corrected chi connectivity index (χ3v) is 5.26. The topological polar surface area (TPSA) is 73.8 Å². The van der Waals surface area contributed by atoms with Gasteiger partial charge in [0.2, 0.25) is 5.91 Å². The highest BCUT2D eigenvalue weighted by Crippen LogP contribution is 2.35. The van der Waals surface area contributed by atoms with Crippen molar-refractivity contribution in [2.24, 2.45) is 5.73 Å². The van der Waals surface area contributed by atoms with Crippen LogP contribution < -0.4 is 5.73 Å². The van der Waals surface area contributed by atoms with Gasteiger partial charge in [0.15, 0.2) is 11.0 Å². The summed E-state index contributed by atoms with van der Waals surface area (Å²) < 4.78 is 2.02. The average Bonchev–Trinajstić information content (AvgIpc) is 3.03. The molecule has 1 aromatic heterocycles. The van der Waals surface area contributed by atoms with Crippen molar-refractivity contribution in [2.75, 3.05) is 0 Å². The van der Waals surface area contributed by atoms with Crippen LogP contribution in [0.2, 0.25) is 0 Å². The van der Waals surface area contributed by atoms with Crippen molar-refractivity contribution in [1.82, 2.24) is 14.8 Å². The molecular weight excluding hydrogens is 332 g/mol. The molecule has 3 aromatic rings. The number of thioether (sulfide) groups is 1. The first-order chi connectivity index (χ1) is 12.1. The van der Waals surface area contributed by atoms with Gasteiger partial charge in [-0.2, -0.15) is 0 Å². The third kappa shape index (κ3) is 3.58. The van der Waals surface area contributed by atoms with Gasteiger partial charge in [0, 0.05) is 12.1 Å². The summed E-state index contributed by atoms with van der Waals surface area (Å²) in [5.74, 6) is 0.415. The molecule has 0 spiro atoms. The summed E-state index contributed by atoms with van der Waals surface area (Å²) in [7, 11) is 0. The zero-order valence-corrected chi connectivity index (χ0v) is 15.0. The molecule has 0 radical (unpaired) electrons. The summed E-state index contributed by atoms with van der Waals surface area (Å²) >= 11 is 1.34. The second kappa shape index (κ2) is 7.53. The molecule has 2 N–H and O–H groups in total. The Morgan fingerprint density at radius 1 is 1.12 bits per heavy atom. The van der Waals surface area contributed by atoms with Crippen LogP contribution in [0.5, 0.6) is 0 Å². The van der Waals surface area contributed by atoms with Crippen LogP contribution in [0.1, 0.15) is 23.3 Å². The highest BCUT2D eigenvalue weighted by molar-refractivity contribution is 8.00. The summed E-state index contributed by atoms with van der Waals surface area (Å²) in [6.07, 6.45) is 0. The molecule has 0 bridgehead atoms. The number of nitrogens with two attached hydrogens (primary N) is 1. The Morgan fingerprint density at radius 3 is 2.44 bits per heavy atom. The zero-order valence-electron chi connectivity index (χ0n) is 14.2. The Kier molecular flexibility index (Phi) is 5.19. The van der Waals surface area contributed by atoms with Crippen LogP contribution in [0.3, 0.4) is 0 Å². The maximum Gasteiger partial charge on any atom is 0.235 e. The number of hydrogen-bond acceptors (Lipinski definition) is 4. The van der Waals surface area contributed by atoms with E-state index < -0.39 is 5.25 Å². The predicted molar refractivity (Wildman–Crippen MR) is 100 cm³/mol. The number of carbonyl (C=O) groups is 1. The number of hydrogen-bond donors (Lipinski definition) is 1. The molecular formula is C19H20N4OS. The van der Waals surface area contributed by atoms with Gasteiger partial charge < -0.3 is 10.3 Å². The molecule has 0 fully saturated rings. The van der Waals surface area contributed by atoms with Crippen LogP contribution in [-0.2, 0) is 11.3 Å². The van der Waals surface area contributed by atoms with Gasteiger partial charge in [-0.3, -0.25) is 4.79 Å². The van der Waals surface area contributed by atoms with E-state index in [1.807, 2.05) is 73.0 Å². The van der Waals surface area contributed by atoms with Gasteiger partial charge >= 0.3 is 0 Å². The lowest BCUT2D eigenvalue weighted by Crippen LogP contribution is -2.19. The zero-order chi connectivity index (χ0) is 17.8. The van der Waals surface area contributed by atoms with Crippen molar-refractivity contribution in [3.8, 4) is 11.4 Å². The quantitative estimate of drug-likeness (QED) is 0.688. The van der Waals surface area contributed by atoms with E-state index in [1.165, 1.54) is 11.8 Å². The lowest BCUT2D eigenvalue weighted by atomic mass is 10.1. The largest absolute Gasteiger partial charge is 0.368 e. The Morgan fingerprint density at radius 2 is 1.80 bits per heavy atom. The molecule has 5 nitrogen and oxygen atoms in total. The second-order valence-corrected chi connectivity index (χ2v) is 6.75. The highest BCUT2D eigenvalue weighted by Gasteiger charge is 2.23. The van der Waals surface area contributed by atoms with Crippen LogP contribution in [0, 0.1) is 6.92 Å². The highest BCUT2D eigenvalue weighted by atomic mass is 32.2. The van der Waals surface area contributed by atoms with E-state index >= 15 is 0 Å². The van der Waals surface area contributed by atoms with Crippen LogP contribution >= 0.6 is 11.8 Å². The third-order valence-electron chi connectivity index (χ3n) is 4.00. The predicted octanol–water partition coefficient (Wildman–Crippen LogP) is 3.59. The number of amides is 1. The minimum atomic E-state index is -0.500. The summed E-state index contributed by atoms with van der Waals surface area (Å²) in [4.78, 5) is 12.0. The van der Waals surface area contributed by atoms with E-state index in [9.17, 15) is 4.79 Å². The van der Waals surface area contributed by atoms with Gasteiger partial charge in [-0.1, -0.05) is 66.4 Å². The van der Waals surface area contributed by atoms with E-state index in [4.69, 9.17) is 5.73 Å². The van der Waals surface area contributed by atoms with Gasteiger partial charge in [0.1, 0.15) is 5.25 Å². The van der Waals surface area contributed by atoms with E-state index in [0.29, 0.717) is 11.7 Å². The van der Waals surface area contributed by atoms with Gasteiger partial charge in [-0.05, 0) is 25.0 Å². The Hall–Kier alpha value is -2.60. The molecule has 0 saturated carbocycles. The van der Waals surface area contributed by atoms with Crippen molar-refractivity contribution < 1.29 is 4.79 Å². The fourth-order valence-corrected chi connectivity index (χ4v) is 3.76. The van der Waals surface area contributed by atoms with Crippen LogP contribution in [0.25, 0.3) is 11.4 Å². The number of nitrogens with zero attached hydrogens (tertiary/aromatic N) is 3. The second-order valence-electron chi connectivity index (χ2n) is 5.68. The van der Waals surface area contributed by atoms with Crippen molar-refractivity contribution in [3.63, 3.8) is 0 Å². The summed E-state index contributed by atoms with van der Waals surface area (Å²) in [5, 5.41) is 8.87. The van der Waals surface area contributed by atoms with Gasteiger partial charge in [0.05, 0.1) is 0 Å². The van der Waals surface area contributed by atoms with Crippen LogP contribution in [-0.4, -0.2) is 20.7 Å². The molecule has 0 saturated heterocycles. The molecule has 3 rings (SSSR count). The molecule has 1 unspecified atom stereocenters. The maximum absolute atomic E-state index is 12.0. The van der Waals surface area contributed by atoms with Crippen LogP contribution in [0.15, 0.2) is 59.8 Å². The standard InChI is InChI=1S/C19H20N4OS/c1-3-23-18(15-12-8-7-9-13(15)2)21-22-19(23)25-16(17(20)24)14-10-5-4-6-11-14/h4-12,16H,3H2,1-2H3,(H2,20,24). The Balaban J connectivity index is 1.98. The minimum absolute atomic E-state index is 0.390. The Bertz CT molecular complexity index is 876. The van der Waals surface area contributed by atoms with E-state index in [0.717, 1.165) is 22.5 Å². The van der Waals surface area contributed by atoms with Gasteiger partial charge in [-0.25, -0.2) is 0 Å². The average molecular weight is 352 g/mol. The normalized spacial score (nSPS) is 12.1. The maximum atomic E-state index is 12.0. The molecule has 1 heterocycles. The molecule has 2 aromatic carbocycles. The lowest BCUT2D eigenvalue weighted by molar-refractivity contribution is -0.117. The molecule has 0 aliphatic rings. The molecule has 0 aliphatic carbocycles. The SMILES string of the molecule is CCn1c(SC(C(N)=O)c2ccccc2)nnc1-c1ccccc1C. The molecule has 1 atom stereocenters. The van der Waals surface area contributed by atoms with Crippen molar-refractivity contribution in [2.45, 2.75) is 30.8 Å². The molecule has 128 valence electrons. The monoisotopic (exact) mass is 352 g/mol. The number of carbonyl (C=O) groups excluding carboxylic acids is 1. The number of aryl methyl sites for hydroxylation is 1. The fraction of sp³-hybridized carbons (Fsp3) is 0.211. The van der Waals surface area contributed by atoms with Crippen molar-refractivity contribution in [3.05, 3.63) is 65.7 Å².